The van der Waals surface area contributed by atoms with Crippen molar-refractivity contribution in [2.75, 3.05) is 18.0 Å². The van der Waals surface area contributed by atoms with Crippen LogP contribution in [0.25, 0.3) is 10.2 Å². The van der Waals surface area contributed by atoms with Gasteiger partial charge in [-0.1, -0.05) is 11.8 Å². The summed E-state index contributed by atoms with van der Waals surface area (Å²) >= 11 is 2.41. The molecule has 0 spiro atoms. The largest absolute Gasteiger partial charge is 0.405 e. The van der Waals surface area contributed by atoms with E-state index in [9.17, 15) is 18.0 Å². The van der Waals surface area contributed by atoms with E-state index in [-0.39, 0.29) is 10.9 Å². The number of halogens is 3. The lowest BCUT2D eigenvalue weighted by Gasteiger charge is -2.07. The Morgan fingerprint density at radius 2 is 2.05 bits per heavy atom. The van der Waals surface area contributed by atoms with Crippen LogP contribution >= 0.6 is 23.1 Å². The Kier molecular flexibility index (Phi) is 4.81. The second-order valence-corrected chi connectivity index (χ2v) is 6.68. The molecule has 0 aromatic carbocycles. The highest BCUT2D eigenvalue weighted by Crippen LogP contribution is 2.33. The normalized spacial score (nSPS) is 11.9. The summed E-state index contributed by atoms with van der Waals surface area (Å²) in [5, 5.41) is 2.85. The molecule has 0 aliphatic heterocycles. The summed E-state index contributed by atoms with van der Waals surface area (Å²) in [5.41, 5.74) is 6.90. The number of aryl methyl sites for hydroxylation is 2. The Morgan fingerprint density at radius 1 is 1.36 bits per heavy atom. The van der Waals surface area contributed by atoms with Crippen LogP contribution in [0.4, 0.5) is 19.0 Å². The van der Waals surface area contributed by atoms with Crippen LogP contribution in [0, 0.1) is 13.8 Å². The predicted octanol–water partition coefficient (Wildman–Crippen LogP) is 2.66. The molecular weight excluding hydrogens is 337 g/mol. The molecule has 0 unspecified atom stereocenters. The number of anilines is 1. The van der Waals surface area contributed by atoms with Crippen LogP contribution in [0.5, 0.6) is 0 Å². The first kappa shape index (κ1) is 16.8. The van der Waals surface area contributed by atoms with Gasteiger partial charge in [0, 0.05) is 4.88 Å². The van der Waals surface area contributed by atoms with Crippen molar-refractivity contribution >= 4 is 45.0 Å². The van der Waals surface area contributed by atoms with Gasteiger partial charge < -0.3 is 11.1 Å². The number of amides is 1. The molecular formula is C12H13F3N4OS2. The number of nitrogens with two attached hydrogens (primary N) is 1. The van der Waals surface area contributed by atoms with E-state index in [4.69, 9.17) is 5.73 Å². The van der Waals surface area contributed by atoms with Crippen LogP contribution in [0.15, 0.2) is 5.16 Å². The molecule has 0 radical (unpaired) electrons. The zero-order valence-electron chi connectivity index (χ0n) is 11.7. The molecule has 0 saturated heterocycles. The molecule has 3 N–H and O–H groups in total. The topological polar surface area (TPSA) is 80.9 Å². The van der Waals surface area contributed by atoms with Crippen molar-refractivity contribution in [1.29, 1.82) is 0 Å². The Balaban J connectivity index is 2.05. The number of rotatable bonds is 4. The van der Waals surface area contributed by atoms with Gasteiger partial charge in [0.05, 0.1) is 11.1 Å². The quantitative estimate of drug-likeness (QED) is 0.654. The van der Waals surface area contributed by atoms with Crippen molar-refractivity contribution in [3.8, 4) is 0 Å². The van der Waals surface area contributed by atoms with E-state index >= 15 is 0 Å². The summed E-state index contributed by atoms with van der Waals surface area (Å²) in [4.78, 5) is 21.5. The minimum atomic E-state index is -4.42. The van der Waals surface area contributed by atoms with Crippen molar-refractivity contribution < 1.29 is 18.0 Å². The second kappa shape index (κ2) is 6.29. The monoisotopic (exact) mass is 350 g/mol. The number of thiophene rings is 1. The average Bonchev–Trinajstić information content (AvgIpc) is 2.69. The van der Waals surface area contributed by atoms with Crippen molar-refractivity contribution in [3.63, 3.8) is 0 Å². The number of hydrogen-bond donors (Lipinski definition) is 2. The number of alkyl halides is 3. The smallest absolute Gasteiger partial charge is 0.383 e. The van der Waals surface area contributed by atoms with Crippen LogP contribution in [0.1, 0.15) is 10.4 Å². The molecule has 120 valence electrons. The van der Waals surface area contributed by atoms with Crippen LogP contribution in [-0.4, -0.2) is 34.3 Å². The van der Waals surface area contributed by atoms with Crippen molar-refractivity contribution in [2.45, 2.75) is 25.2 Å². The van der Waals surface area contributed by atoms with Crippen molar-refractivity contribution in [2.24, 2.45) is 0 Å². The molecule has 0 aliphatic rings. The summed E-state index contributed by atoms with van der Waals surface area (Å²) in [5.74, 6) is -0.627. The number of thioether (sulfide) groups is 1. The number of carbonyl (C=O) groups excluding carboxylic acids is 1. The molecule has 2 rings (SSSR count). The standard InChI is InChI=1S/C12H13F3N4OS2/c1-5-6(2)22-10-8(5)9(16)18-11(19-10)21-3-7(20)17-4-12(13,14)15/h3-4H2,1-2H3,(H,17,20)(H2,16,18,19). The molecule has 5 nitrogen and oxygen atoms in total. The maximum Gasteiger partial charge on any atom is 0.405 e. The Hall–Kier alpha value is -1.55. The van der Waals surface area contributed by atoms with Crippen molar-refractivity contribution in [3.05, 3.63) is 10.4 Å². The summed E-state index contributed by atoms with van der Waals surface area (Å²) < 4.78 is 36.0. The summed E-state index contributed by atoms with van der Waals surface area (Å²) in [6.45, 7) is 2.52. The molecule has 0 fully saturated rings. The Bertz CT molecular complexity index is 714. The first-order valence-electron chi connectivity index (χ1n) is 6.17. The molecule has 10 heteroatoms. The van der Waals surface area contributed by atoms with Gasteiger partial charge in [0.1, 0.15) is 17.2 Å². The van der Waals surface area contributed by atoms with Gasteiger partial charge >= 0.3 is 6.18 Å². The molecule has 0 bridgehead atoms. The second-order valence-electron chi connectivity index (χ2n) is 4.54. The lowest BCUT2D eigenvalue weighted by atomic mass is 10.2. The predicted molar refractivity (Wildman–Crippen MR) is 81.1 cm³/mol. The van der Waals surface area contributed by atoms with E-state index in [2.05, 4.69) is 9.97 Å². The van der Waals surface area contributed by atoms with Gasteiger partial charge in [0.25, 0.3) is 0 Å². The van der Waals surface area contributed by atoms with Gasteiger partial charge in [-0.3, -0.25) is 4.79 Å². The number of aromatic nitrogens is 2. The molecule has 0 atom stereocenters. The van der Waals surface area contributed by atoms with E-state index in [0.29, 0.717) is 10.6 Å². The van der Waals surface area contributed by atoms with E-state index in [1.807, 2.05) is 13.8 Å². The molecule has 2 heterocycles. The fourth-order valence-electron chi connectivity index (χ4n) is 1.70. The van der Waals surface area contributed by atoms with Gasteiger partial charge in [-0.05, 0) is 19.4 Å². The molecule has 0 aliphatic carbocycles. The number of fused-ring (bicyclic) bond motifs is 1. The van der Waals surface area contributed by atoms with Gasteiger partial charge in [0.2, 0.25) is 5.91 Å². The van der Waals surface area contributed by atoms with E-state index in [1.165, 1.54) is 11.3 Å². The maximum absolute atomic E-state index is 12.0. The molecule has 22 heavy (non-hydrogen) atoms. The summed E-state index contributed by atoms with van der Waals surface area (Å²) in [6.07, 6.45) is -4.42. The molecule has 1 amide bonds. The first-order valence-corrected chi connectivity index (χ1v) is 7.97. The number of nitrogens with one attached hydrogen (secondary N) is 1. The molecule has 2 aromatic heterocycles. The van der Waals surface area contributed by atoms with Gasteiger partial charge in [0.15, 0.2) is 5.16 Å². The Labute approximate surface area is 132 Å². The third-order valence-electron chi connectivity index (χ3n) is 2.85. The fraction of sp³-hybridized carbons (Fsp3) is 0.417. The van der Waals surface area contributed by atoms with E-state index in [0.717, 1.165) is 27.6 Å². The highest BCUT2D eigenvalue weighted by atomic mass is 32.2. The maximum atomic E-state index is 12.0. The van der Waals surface area contributed by atoms with Crippen LogP contribution in [-0.2, 0) is 4.79 Å². The zero-order chi connectivity index (χ0) is 16.5. The lowest BCUT2D eigenvalue weighted by molar-refractivity contribution is -0.136. The number of nitrogen functional groups attached to an aromatic ring is 1. The third kappa shape index (κ3) is 4.01. The van der Waals surface area contributed by atoms with Gasteiger partial charge in [-0.15, -0.1) is 11.3 Å². The van der Waals surface area contributed by atoms with Gasteiger partial charge in [-0.25, -0.2) is 9.97 Å². The number of nitrogens with zero attached hydrogens (tertiary/aromatic N) is 2. The highest BCUT2D eigenvalue weighted by molar-refractivity contribution is 7.99. The van der Waals surface area contributed by atoms with Crippen LogP contribution in [0.3, 0.4) is 0 Å². The van der Waals surface area contributed by atoms with E-state index in [1.54, 1.807) is 5.32 Å². The van der Waals surface area contributed by atoms with Crippen molar-refractivity contribution in [1.82, 2.24) is 15.3 Å². The van der Waals surface area contributed by atoms with E-state index < -0.39 is 18.6 Å². The zero-order valence-corrected chi connectivity index (χ0v) is 13.4. The number of hydrogen-bond acceptors (Lipinski definition) is 6. The van der Waals surface area contributed by atoms with Gasteiger partial charge in [-0.2, -0.15) is 13.2 Å². The average molecular weight is 350 g/mol. The van der Waals surface area contributed by atoms with Crippen LogP contribution < -0.4 is 11.1 Å². The fourth-order valence-corrected chi connectivity index (χ4v) is 3.48. The minimum Gasteiger partial charge on any atom is -0.383 e. The molecule has 2 aromatic rings. The third-order valence-corrected chi connectivity index (χ3v) is 4.80. The first-order chi connectivity index (χ1) is 10.2. The summed E-state index contributed by atoms with van der Waals surface area (Å²) in [7, 11) is 0. The lowest BCUT2D eigenvalue weighted by Crippen LogP contribution is -2.34. The number of carbonyl (C=O) groups is 1. The highest BCUT2D eigenvalue weighted by Gasteiger charge is 2.27. The summed E-state index contributed by atoms with van der Waals surface area (Å²) in [6, 6.07) is 0. The molecule has 0 saturated carbocycles. The van der Waals surface area contributed by atoms with Crippen LogP contribution in [0.2, 0.25) is 0 Å². The minimum absolute atomic E-state index is 0.204. The Morgan fingerprint density at radius 3 is 2.68 bits per heavy atom. The SMILES string of the molecule is Cc1sc2nc(SCC(=O)NCC(F)(F)F)nc(N)c2c1C.